The maximum absolute atomic E-state index is 12.2. The van der Waals surface area contributed by atoms with Crippen LogP contribution in [0.4, 0.5) is 0 Å². The molecule has 0 aliphatic heterocycles. The van der Waals surface area contributed by atoms with Crippen molar-refractivity contribution in [2.24, 2.45) is 0 Å². The zero-order chi connectivity index (χ0) is 20.5. The number of rotatable bonds is 5. The third-order valence-corrected chi connectivity index (χ3v) is 4.65. The fourth-order valence-electron chi connectivity index (χ4n) is 3.29. The fraction of sp³-hybridized carbons (Fsp3) is 0.238. The lowest BCUT2D eigenvalue weighted by molar-refractivity contribution is 0.385. The van der Waals surface area contributed by atoms with Crippen molar-refractivity contribution in [3.63, 3.8) is 0 Å². The number of ether oxygens (including phenoxy) is 1. The van der Waals surface area contributed by atoms with E-state index in [0.29, 0.717) is 34.7 Å². The van der Waals surface area contributed by atoms with Crippen LogP contribution in [0.5, 0.6) is 5.75 Å². The van der Waals surface area contributed by atoms with Gasteiger partial charge in [0.25, 0.3) is 0 Å². The summed E-state index contributed by atoms with van der Waals surface area (Å²) in [4.78, 5) is 31.3. The van der Waals surface area contributed by atoms with Crippen molar-refractivity contribution in [2.75, 3.05) is 7.11 Å². The average Bonchev–Trinajstić information content (AvgIpc) is 3.17. The molecule has 8 heteroatoms. The first kappa shape index (κ1) is 18.7. The Morgan fingerprint density at radius 2 is 2.00 bits per heavy atom. The molecule has 29 heavy (non-hydrogen) atoms. The van der Waals surface area contributed by atoms with Gasteiger partial charge < -0.3 is 14.2 Å². The Kier molecular flexibility index (Phi) is 4.75. The van der Waals surface area contributed by atoms with Crippen LogP contribution in [-0.2, 0) is 6.42 Å². The maximum atomic E-state index is 12.2. The second-order valence-corrected chi connectivity index (χ2v) is 6.99. The molecule has 4 aromatic rings. The number of fused-ring (bicyclic) bond motifs is 1. The number of H-pyrrole nitrogens is 1. The molecular formula is C21H20N4O4. The zero-order valence-corrected chi connectivity index (χ0v) is 16.3. The molecule has 148 valence electrons. The summed E-state index contributed by atoms with van der Waals surface area (Å²) in [6.07, 6.45) is 0.474. The number of nitrogens with one attached hydrogen (secondary N) is 1. The standard InChI is InChI=1S/C21H20N4O4/c1-12(2)25-17-8-7-14(11-16(17)22-20(26)21(25)27)19-23-18(29-24-19)10-13-5-4-6-15(9-13)28-3/h4-9,11-12H,10H2,1-3H3,(H,22,26). The first-order valence-corrected chi connectivity index (χ1v) is 9.20. The van der Waals surface area contributed by atoms with E-state index in [-0.39, 0.29) is 6.04 Å². The second kappa shape index (κ2) is 7.38. The topological polar surface area (TPSA) is 103 Å². The molecule has 0 saturated heterocycles. The molecule has 0 amide bonds. The van der Waals surface area contributed by atoms with E-state index in [1.807, 2.05) is 38.1 Å². The van der Waals surface area contributed by atoms with Crippen LogP contribution in [0.15, 0.2) is 56.6 Å². The normalized spacial score (nSPS) is 11.3. The quantitative estimate of drug-likeness (QED) is 0.524. The van der Waals surface area contributed by atoms with E-state index in [4.69, 9.17) is 9.26 Å². The number of benzene rings is 2. The summed E-state index contributed by atoms with van der Waals surface area (Å²) in [5.41, 5.74) is 1.63. The molecular weight excluding hydrogens is 372 g/mol. The van der Waals surface area contributed by atoms with Crippen LogP contribution < -0.4 is 15.9 Å². The van der Waals surface area contributed by atoms with E-state index >= 15 is 0 Å². The highest BCUT2D eigenvalue weighted by Crippen LogP contribution is 2.22. The molecule has 2 aromatic heterocycles. The Labute approximate surface area is 165 Å². The van der Waals surface area contributed by atoms with Gasteiger partial charge in [0, 0.05) is 11.6 Å². The largest absolute Gasteiger partial charge is 0.497 e. The van der Waals surface area contributed by atoms with E-state index in [1.54, 1.807) is 25.3 Å². The van der Waals surface area contributed by atoms with Crippen LogP contribution in [0.3, 0.4) is 0 Å². The Hall–Kier alpha value is -3.68. The third kappa shape index (κ3) is 3.56. The molecule has 0 unspecified atom stereocenters. The van der Waals surface area contributed by atoms with Gasteiger partial charge in [-0.1, -0.05) is 17.3 Å². The molecule has 0 aliphatic rings. The highest BCUT2D eigenvalue weighted by molar-refractivity contribution is 5.80. The predicted octanol–water partition coefficient (Wildman–Crippen LogP) is 2.92. The number of methoxy groups -OCH3 is 1. The molecule has 8 nitrogen and oxygen atoms in total. The molecule has 0 atom stereocenters. The Morgan fingerprint density at radius 3 is 2.76 bits per heavy atom. The van der Waals surface area contributed by atoms with Gasteiger partial charge in [0.05, 0.1) is 24.6 Å². The lowest BCUT2D eigenvalue weighted by Crippen LogP contribution is -2.37. The van der Waals surface area contributed by atoms with Crippen molar-refractivity contribution in [1.82, 2.24) is 19.7 Å². The highest BCUT2D eigenvalue weighted by atomic mass is 16.5. The average molecular weight is 392 g/mol. The van der Waals surface area contributed by atoms with E-state index in [2.05, 4.69) is 15.1 Å². The lowest BCUT2D eigenvalue weighted by Gasteiger charge is -2.13. The molecule has 4 rings (SSSR count). The molecule has 0 aliphatic carbocycles. The maximum Gasteiger partial charge on any atom is 0.316 e. The number of hydrogen-bond acceptors (Lipinski definition) is 6. The molecule has 0 saturated carbocycles. The van der Waals surface area contributed by atoms with E-state index in [9.17, 15) is 9.59 Å². The summed E-state index contributed by atoms with van der Waals surface area (Å²) in [6, 6.07) is 12.8. The molecule has 0 bridgehead atoms. The predicted molar refractivity (Wildman–Crippen MR) is 108 cm³/mol. The Bertz CT molecular complexity index is 1300. The van der Waals surface area contributed by atoms with Crippen LogP contribution in [0, 0.1) is 0 Å². The van der Waals surface area contributed by atoms with Crippen LogP contribution >= 0.6 is 0 Å². The SMILES string of the molecule is COc1cccc(Cc2nc(-c3ccc4c(c3)[nH]c(=O)c(=O)n4C(C)C)no2)c1. The van der Waals surface area contributed by atoms with Gasteiger partial charge in [0.15, 0.2) is 0 Å². The minimum atomic E-state index is -0.657. The Morgan fingerprint density at radius 1 is 1.17 bits per heavy atom. The van der Waals surface area contributed by atoms with Crippen molar-refractivity contribution >= 4 is 11.0 Å². The second-order valence-electron chi connectivity index (χ2n) is 6.99. The number of hydrogen-bond donors (Lipinski definition) is 1. The van der Waals surface area contributed by atoms with Crippen molar-refractivity contribution in [2.45, 2.75) is 26.3 Å². The van der Waals surface area contributed by atoms with E-state index in [0.717, 1.165) is 11.3 Å². The van der Waals surface area contributed by atoms with Crippen LogP contribution in [-0.4, -0.2) is 26.8 Å². The van der Waals surface area contributed by atoms with E-state index < -0.39 is 11.1 Å². The Balaban J connectivity index is 1.70. The first-order chi connectivity index (χ1) is 14.0. The molecule has 2 heterocycles. The molecule has 0 radical (unpaired) electrons. The van der Waals surface area contributed by atoms with Gasteiger partial charge in [0.2, 0.25) is 11.7 Å². The van der Waals surface area contributed by atoms with Gasteiger partial charge in [-0.05, 0) is 49.7 Å². The highest BCUT2D eigenvalue weighted by Gasteiger charge is 2.14. The fourth-order valence-corrected chi connectivity index (χ4v) is 3.29. The van der Waals surface area contributed by atoms with Gasteiger partial charge in [-0.3, -0.25) is 14.2 Å². The minimum absolute atomic E-state index is 0.141. The number of aromatic amines is 1. The smallest absolute Gasteiger partial charge is 0.316 e. The zero-order valence-electron chi connectivity index (χ0n) is 16.3. The van der Waals surface area contributed by atoms with Crippen molar-refractivity contribution in [3.8, 4) is 17.1 Å². The van der Waals surface area contributed by atoms with Gasteiger partial charge in [0.1, 0.15) is 5.75 Å². The summed E-state index contributed by atoms with van der Waals surface area (Å²) < 4.78 is 12.1. The summed E-state index contributed by atoms with van der Waals surface area (Å²) in [7, 11) is 1.62. The molecule has 0 spiro atoms. The number of aromatic nitrogens is 4. The minimum Gasteiger partial charge on any atom is -0.497 e. The van der Waals surface area contributed by atoms with E-state index in [1.165, 1.54) is 4.57 Å². The monoisotopic (exact) mass is 392 g/mol. The van der Waals surface area contributed by atoms with Crippen LogP contribution in [0.25, 0.3) is 22.4 Å². The summed E-state index contributed by atoms with van der Waals surface area (Å²) in [6.45, 7) is 3.72. The van der Waals surface area contributed by atoms with Gasteiger partial charge in [-0.2, -0.15) is 4.98 Å². The van der Waals surface area contributed by atoms with Crippen molar-refractivity contribution < 1.29 is 9.26 Å². The summed E-state index contributed by atoms with van der Waals surface area (Å²) in [5, 5.41) is 4.05. The van der Waals surface area contributed by atoms with Crippen molar-refractivity contribution in [3.05, 3.63) is 74.6 Å². The third-order valence-electron chi connectivity index (χ3n) is 4.65. The first-order valence-electron chi connectivity index (χ1n) is 9.20. The number of nitrogens with zero attached hydrogens (tertiary/aromatic N) is 3. The van der Waals surface area contributed by atoms with Crippen molar-refractivity contribution in [1.29, 1.82) is 0 Å². The summed E-state index contributed by atoms with van der Waals surface area (Å²) >= 11 is 0. The van der Waals surface area contributed by atoms with Crippen LogP contribution in [0.2, 0.25) is 0 Å². The summed E-state index contributed by atoms with van der Waals surface area (Å²) in [5.74, 6) is 1.64. The van der Waals surface area contributed by atoms with Crippen LogP contribution in [0.1, 0.15) is 31.3 Å². The van der Waals surface area contributed by atoms with Gasteiger partial charge >= 0.3 is 11.1 Å². The van der Waals surface area contributed by atoms with Gasteiger partial charge in [-0.25, -0.2) is 0 Å². The van der Waals surface area contributed by atoms with Gasteiger partial charge in [-0.15, -0.1) is 0 Å². The molecule has 2 aromatic carbocycles. The molecule has 0 fully saturated rings. The molecule has 1 N–H and O–H groups in total. The lowest BCUT2D eigenvalue weighted by atomic mass is 10.1.